The van der Waals surface area contributed by atoms with Gasteiger partial charge in [0.05, 0.1) is 24.1 Å². The van der Waals surface area contributed by atoms with Crippen molar-refractivity contribution < 1.29 is 0 Å². The number of hydrogen-bond donors (Lipinski definition) is 2. The molecule has 9 heteroatoms. The van der Waals surface area contributed by atoms with Crippen LogP contribution in [0, 0.1) is 17.2 Å². The van der Waals surface area contributed by atoms with Gasteiger partial charge in [-0.05, 0) is 31.2 Å². The highest BCUT2D eigenvalue weighted by molar-refractivity contribution is 5.74. The number of aromatic nitrogens is 7. The lowest BCUT2D eigenvalue weighted by Crippen LogP contribution is -2.13. The Labute approximate surface area is 154 Å². The second-order valence-corrected chi connectivity index (χ2v) is 6.88. The van der Waals surface area contributed by atoms with Gasteiger partial charge in [-0.2, -0.15) is 5.26 Å². The Morgan fingerprint density at radius 2 is 2.15 bits per heavy atom. The molecule has 4 aromatic rings. The third-order valence-corrected chi connectivity index (χ3v) is 5.21. The summed E-state index contributed by atoms with van der Waals surface area (Å²) >= 11 is 0. The molecule has 1 saturated carbocycles. The van der Waals surface area contributed by atoms with Crippen molar-refractivity contribution in [3.05, 3.63) is 42.4 Å². The third-order valence-electron chi connectivity index (χ3n) is 5.21. The lowest BCUT2D eigenvalue weighted by atomic mass is 10.0. The second kappa shape index (κ2) is 6.32. The summed E-state index contributed by atoms with van der Waals surface area (Å²) in [5, 5.41) is 20.9. The van der Waals surface area contributed by atoms with Crippen molar-refractivity contribution in [1.82, 2.24) is 34.5 Å². The van der Waals surface area contributed by atoms with E-state index in [1.165, 1.54) is 6.20 Å². The van der Waals surface area contributed by atoms with E-state index in [0.717, 1.165) is 48.4 Å². The molecular weight excluding hydrogens is 342 g/mol. The highest BCUT2D eigenvalue weighted by atomic mass is 15.3. The molecule has 9 nitrogen and oxygen atoms in total. The van der Waals surface area contributed by atoms with Crippen LogP contribution in [0.5, 0.6) is 0 Å². The van der Waals surface area contributed by atoms with Crippen molar-refractivity contribution in [3.8, 4) is 6.07 Å². The summed E-state index contributed by atoms with van der Waals surface area (Å²) in [6, 6.07) is 3.99. The van der Waals surface area contributed by atoms with Crippen molar-refractivity contribution in [2.45, 2.75) is 25.2 Å². The van der Waals surface area contributed by atoms with E-state index in [4.69, 9.17) is 5.26 Å². The summed E-state index contributed by atoms with van der Waals surface area (Å²) in [5.74, 6) is 2.62. The Balaban J connectivity index is 1.31. The molecule has 0 saturated heterocycles. The summed E-state index contributed by atoms with van der Waals surface area (Å²) < 4.78 is 2.12. The maximum atomic E-state index is 8.79. The summed E-state index contributed by atoms with van der Waals surface area (Å²) in [6.45, 7) is 0.828. The van der Waals surface area contributed by atoms with Crippen LogP contribution in [0.15, 0.2) is 30.9 Å². The van der Waals surface area contributed by atoms with E-state index in [0.29, 0.717) is 23.3 Å². The molecule has 0 aliphatic heterocycles. The van der Waals surface area contributed by atoms with Crippen molar-refractivity contribution >= 4 is 22.6 Å². The van der Waals surface area contributed by atoms with E-state index >= 15 is 0 Å². The van der Waals surface area contributed by atoms with E-state index in [1.807, 2.05) is 18.3 Å². The molecule has 2 unspecified atom stereocenters. The number of nitrogens with zero attached hydrogens (tertiary/aromatic N) is 7. The zero-order chi connectivity index (χ0) is 18.2. The molecule has 0 amide bonds. The third kappa shape index (κ3) is 2.75. The maximum absolute atomic E-state index is 8.79. The van der Waals surface area contributed by atoms with Gasteiger partial charge in [0.25, 0.3) is 0 Å². The molecule has 1 fully saturated rings. The van der Waals surface area contributed by atoms with Gasteiger partial charge in [0, 0.05) is 18.7 Å². The monoisotopic (exact) mass is 359 g/mol. The van der Waals surface area contributed by atoms with Crippen LogP contribution in [0.3, 0.4) is 0 Å². The van der Waals surface area contributed by atoms with Gasteiger partial charge in [-0.15, -0.1) is 10.2 Å². The normalized spacial score (nSPS) is 19.5. The first-order valence-electron chi connectivity index (χ1n) is 8.95. The van der Waals surface area contributed by atoms with E-state index in [-0.39, 0.29) is 0 Å². The van der Waals surface area contributed by atoms with Crippen LogP contribution in [0.2, 0.25) is 0 Å². The quantitative estimate of drug-likeness (QED) is 0.573. The molecule has 4 heterocycles. The number of rotatable bonds is 4. The smallest absolute Gasteiger partial charge is 0.179 e. The van der Waals surface area contributed by atoms with Crippen molar-refractivity contribution in [3.63, 3.8) is 0 Å². The Bertz CT molecular complexity index is 1140. The largest absolute Gasteiger partial charge is 0.369 e. The molecule has 27 heavy (non-hydrogen) atoms. The summed E-state index contributed by atoms with van der Waals surface area (Å²) in [4.78, 5) is 15.8. The van der Waals surface area contributed by atoms with Crippen LogP contribution < -0.4 is 5.32 Å². The molecule has 0 spiro atoms. The molecule has 0 radical (unpaired) electrons. The average molecular weight is 359 g/mol. The molecule has 1 aliphatic carbocycles. The molecule has 134 valence electrons. The first-order valence-corrected chi connectivity index (χ1v) is 8.95. The minimum Gasteiger partial charge on any atom is -0.369 e. The number of aromatic amines is 1. The molecule has 4 aromatic heterocycles. The summed E-state index contributed by atoms with van der Waals surface area (Å²) in [5.41, 5.74) is 2.97. The van der Waals surface area contributed by atoms with Crippen LogP contribution in [-0.2, 0) is 0 Å². The Kier molecular flexibility index (Phi) is 3.67. The van der Waals surface area contributed by atoms with Crippen molar-refractivity contribution in [2.75, 3.05) is 11.9 Å². The van der Waals surface area contributed by atoms with Gasteiger partial charge in [-0.1, -0.05) is 0 Å². The number of hydrogen-bond acceptors (Lipinski definition) is 7. The number of nitrogens with one attached hydrogen (secondary N) is 2. The van der Waals surface area contributed by atoms with Crippen molar-refractivity contribution in [1.29, 1.82) is 5.26 Å². The minimum absolute atomic E-state index is 0.325. The lowest BCUT2D eigenvalue weighted by Gasteiger charge is -2.12. The number of anilines is 1. The maximum Gasteiger partial charge on any atom is 0.179 e. The highest BCUT2D eigenvalue weighted by Gasteiger charge is 2.29. The van der Waals surface area contributed by atoms with Crippen LogP contribution >= 0.6 is 0 Å². The van der Waals surface area contributed by atoms with Crippen molar-refractivity contribution in [2.24, 2.45) is 5.92 Å². The van der Waals surface area contributed by atoms with Gasteiger partial charge in [-0.25, -0.2) is 15.0 Å². The fourth-order valence-electron chi connectivity index (χ4n) is 3.88. The standard InChI is InChI=1S/C18H17N9/c19-6-13-8-23-15(9-21-13)22-7-11-1-2-12(5-11)18-26-25-16-10-24-17-14(27(16)18)3-4-20-17/h3-4,8-12,20H,1-2,5,7H2,(H,22,23). The summed E-state index contributed by atoms with van der Waals surface area (Å²) in [6.07, 6.45) is 9.99. The predicted molar refractivity (Wildman–Crippen MR) is 98.0 cm³/mol. The van der Waals surface area contributed by atoms with Crippen LogP contribution in [0.4, 0.5) is 5.82 Å². The fourth-order valence-corrected chi connectivity index (χ4v) is 3.88. The Hall–Kier alpha value is -3.54. The SMILES string of the molecule is N#Cc1cnc(NCC2CCC(c3nnc4cnc5[nH]ccc5n34)C2)cn1. The topological polar surface area (TPSA) is 120 Å². The zero-order valence-corrected chi connectivity index (χ0v) is 14.5. The van der Waals surface area contributed by atoms with Gasteiger partial charge in [-0.3, -0.25) is 4.40 Å². The van der Waals surface area contributed by atoms with Crippen LogP contribution in [0.1, 0.15) is 36.7 Å². The minimum atomic E-state index is 0.325. The second-order valence-electron chi connectivity index (χ2n) is 6.88. The average Bonchev–Trinajstić information content (AvgIpc) is 3.44. The van der Waals surface area contributed by atoms with Crippen LogP contribution in [-0.4, -0.2) is 41.1 Å². The van der Waals surface area contributed by atoms with Gasteiger partial charge in [0.15, 0.2) is 17.0 Å². The Morgan fingerprint density at radius 3 is 3.00 bits per heavy atom. The number of fused-ring (bicyclic) bond motifs is 3. The molecule has 1 aliphatic rings. The first-order chi connectivity index (χ1) is 13.3. The number of H-pyrrole nitrogens is 1. The molecule has 2 N–H and O–H groups in total. The molecule has 0 aromatic carbocycles. The fraction of sp³-hybridized carbons (Fsp3) is 0.333. The molecular formula is C18H17N9. The predicted octanol–water partition coefficient (Wildman–Crippen LogP) is 2.26. The zero-order valence-electron chi connectivity index (χ0n) is 14.5. The van der Waals surface area contributed by atoms with E-state index in [1.54, 1.807) is 12.4 Å². The summed E-state index contributed by atoms with van der Waals surface area (Å²) in [7, 11) is 0. The molecule has 2 atom stereocenters. The van der Waals surface area contributed by atoms with E-state index in [2.05, 4.69) is 39.9 Å². The number of nitriles is 1. The van der Waals surface area contributed by atoms with E-state index < -0.39 is 0 Å². The van der Waals surface area contributed by atoms with E-state index in [9.17, 15) is 0 Å². The van der Waals surface area contributed by atoms with Gasteiger partial charge in [0.1, 0.15) is 17.7 Å². The first kappa shape index (κ1) is 15.7. The highest BCUT2D eigenvalue weighted by Crippen LogP contribution is 2.38. The lowest BCUT2D eigenvalue weighted by molar-refractivity contribution is 0.558. The van der Waals surface area contributed by atoms with Gasteiger partial charge < -0.3 is 10.3 Å². The molecule has 0 bridgehead atoms. The Morgan fingerprint density at radius 1 is 1.19 bits per heavy atom. The van der Waals surface area contributed by atoms with Gasteiger partial charge in [0.2, 0.25) is 0 Å². The molecule has 5 rings (SSSR count). The van der Waals surface area contributed by atoms with Crippen LogP contribution in [0.25, 0.3) is 16.8 Å². The van der Waals surface area contributed by atoms with Gasteiger partial charge >= 0.3 is 0 Å².